The number of fused-ring (bicyclic) bond motifs is 1. The van der Waals surface area contributed by atoms with E-state index in [4.69, 9.17) is 9.47 Å². The molecule has 2 atom stereocenters. The zero-order valence-corrected chi connectivity index (χ0v) is 16.5. The van der Waals surface area contributed by atoms with Crippen LogP contribution < -0.4 is 19.7 Å². The van der Waals surface area contributed by atoms with Crippen molar-refractivity contribution in [2.75, 3.05) is 37.7 Å². The number of nitrogens with zero attached hydrogens (tertiary/aromatic N) is 2. The van der Waals surface area contributed by atoms with E-state index >= 15 is 0 Å². The zero-order chi connectivity index (χ0) is 19.6. The average Bonchev–Trinajstić information content (AvgIpc) is 3.44. The highest BCUT2D eigenvalue weighted by atomic mass is 16.6. The minimum absolute atomic E-state index is 0.0438. The molecular formula is C23H27N3O3. The van der Waals surface area contributed by atoms with Gasteiger partial charge in [-0.25, -0.2) is 4.79 Å². The lowest BCUT2D eigenvalue weighted by atomic mass is 10.0. The molecule has 6 heteroatoms. The number of carbonyl (C=O) groups excluding carboxylic acids is 1. The van der Waals surface area contributed by atoms with Crippen LogP contribution in [0.25, 0.3) is 0 Å². The molecule has 2 unspecified atom stereocenters. The molecule has 2 aromatic carbocycles. The van der Waals surface area contributed by atoms with Crippen LogP contribution in [0.3, 0.4) is 0 Å². The molecule has 29 heavy (non-hydrogen) atoms. The summed E-state index contributed by atoms with van der Waals surface area (Å²) in [5, 5.41) is 3.27. The molecule has 0 radical (unpaired) electrons. The number of amides is 2. The molecule has 3 heterocycles. The van der Waals surface area contributed by atoms with Crippen LogP contribution in [-0.2, 0) is 0 Å². The van der Waals surface area contributed by atoms with Gasteiger partial charge in [-0.05, 0) is 49.1 Å². The maximum absolute atomic E-state index is 13.1. The summed E-state index contributed by atoms with van der Waals surface area (Å²) in [7, 11) is 0. The van der Waals surface area contributed by atoms with Gasteiger partial charge in [0.1, 0.15) is 13.2 Å². The highest BCUT2D eigenvalue weighted by Crippen LogP contribution is 2.38. The molecule has 3 aliphatic rings. The van der Waals surface area contributed by atoms with Crippen molar-refractivity contribution in [1.29, 1.82) is 0 Å². The quantitative estimate of drug-likeness (QED) is 0.866. The molecule has 152 valence electrons. The maximum Gasteiger partial charge on any atom is 0.318 e. The first-order valence-corrected chi connectivity index (χ1v) is 10.5. The third-order valence-corrected chi connectivity index (χ3v) is 6.10. The molecule has 2 fully saturated rings. The molecule has 6 nitrogen and oxygen atoms in total. The Morgan fingerprint density at radius 1 is 0.966 bits per heavy atom. The van der Waals surface area contributed by atoms with E-state index in [1.165, 1.54) is 5.69 Å². The van der Waals surface area contributed by atoms with Gasteiger partial charge in [0.05, 0.1) is 6.04 Å². The Hall–Kier alpha value is -2.89. The summed E-state index contributed by atoms with van der Waals surface area (Å²) in [6, 6.07) is 16.8. The van der Waals surface area contributed by atoms with Crippen LogP contribution in [0, 0.1) is 0 Å². The highest BCUT2D eigenvalue weighted by Gasteiger charge is 2.33. The largest absolute Gasteiger partial charge is 0.486 e. The molecule has 1 N–H and O–H groups in total. The zero-order valence-electron chi connectivity index (χ0n) is 16.5. The number of ether oxygens (including phenoxy) is 2. The van der Waals surface area contributed by atoms with Crippen molar-refractivity contribution in [2.45, 2.75) is 31.3 Å². The van der Waals surface area contributed by atoms with Gasteiger partial charge in [-0.15, -0.1) is 0 Å². The van der Waals surface area contributed by atoms with Crippen LogP contribution in [0.5, 0.6) is 11.5 Å². The van der Waals surface area contributed by atoms with Crippen molar-refractivity contribution in [2.24, 2.45) is 0 Å². The Kier molecular flexibility index (Phi) is 4.92. The minimum Gasteiger partial charge on any atom is -0.486 e. The third-order valence-electron chi connectivity index (χ3n) is 6.10. The van der Waals surface area contributed by atoms with E-state index in [1.807, 2.05) is 23.1 Å². The van der Waals surface area contributed by atoms with Crippen molar-refractivity contribution in [3.05, 3.63) is 54.1 Å². The van der Waals surface area contributed by atoms with Gasteiger partial charge in [0.2, 0.25) is 0 Å². The summed E-state index contributed by atoms with van der Waals surface area (Å²) in [6.45, 7) is 3.79. The second-order valence-electron chi connectivity index (χ2n) is 7.97. The summed E-state index contributed by atoms with van der Waals surface area (Å²) in [5.41, 5.74) is 2.35. The number of likely N-dealkylation sites (tertiary alicyclic amines) is 1. The number of carbonyl (C=O) groups is 1. The number of para-hydroxylation sites is 1. The van der Waals surface area contributed by atoms with Crippen molar-refractivity contribution in [3.8, 4) is 11.5 Å². The van der Waals surface area contributed by atoms with E-state index in [0.29, 0.717) is 13.2 Å². The smallest absolute Gasteiger partial charge is 0.318 e. The second-order valence-corrected chi connectivity index (χ2v) is 7.97. The summed E-state index contributed by atoms with van der Waals surface area (Å²) in [4.78, 5) is 17.4. The number of urea groups is 1. The van der Waals surface area contributed by atoms with Gasteiger partial charge in [0.25, 0.3) is 0 Å². The van der Waals surface area contributed by atoms with Gasteiger partial charge in [0, 0.05) is 31.4 Å². The van der Waals surface area contributed by atoms with Crippen molar-refractivity contribution < 1.29 is 14.3 Å². The van der Waals surface area contributed by atoms with Crippen LogP contribution >= 0.6 is 0 Å². The molecule has 0 saturated carbocycles. The molecule has 0 bridgehead atoms. The molecule has 0 spiro atoms. The van der Waals surface area contributed by atoms with E-state index in [2.05, 4.69) is 40.5 Å². The fourth-order valence-electron chi connectivity index (χ4n) is 4.63. The Labute approximate surface area is 171 Å². The van der Waals surface area contributed by atoms with Crippen LogP contribution in [-0.4, -0.2) is 49.8 Å². The lowest BCUT2D eigenvalue weighted by Crippen LogP contribution is -2.45. The summed E-state index contributed by atoms with van der Waals surface area (Å²) in [5.74, 6) is 1.58. The average molecular weight is 393 g/mol. The summed E-state index contributed by atoms with van der Waals surface area (Å²) >= 11 is 0. The summed E-state index contributed by atoms with van der Waals surface area (Å²) in [6.07, 6.45) is 2.98. The first kappa shape index (κ1) is 18.2. The second kappa shape index (κ2) is 7.85. The highest BCUT2D eigenvalue weighted by molar-refractivity contribution is 5.75. The molecule has 5 rings (SSSR count). The molecule has 0 aliphatic carbocycles. The Balaban J connectivity index is 1.24. The summed E-state index contributed by atoms with van der Waals surface area (Å²) < 4.78 is 11.4. The molecular weight excluding hydrogens is 366 g/mol. The lowest BCUT2D eigenvalue weighted by Gasteiger charge is -2.28. The van der Waals surface area contributed by atoms with Gasteiger partial charge in [-0.2, -0.15) is 0 Å². The van der Waals surface area contributed by atoms with E-state index in [9.17, 15) is 4.79 Å². The monoisotopic (exact) mass is 393 g/mol. The number of hydrogen-bond acceptors (Lipinski definition) is 4. The van der Waals surface area contributed by atoms with E-state index < -0.39 is 0 Å². The number of benzene rings is 2. The maximum atomic E-state index is 13.1. The van der Waals surface area contributed by atoms with Crippen LogP contribution in [0.2, 0.25) is 0 Å². The Morgan fingerprint density at radius 3 is 2.66 bits per heavy atom. The standard InChI is InChI=1S/C23H27N3O3/c27-23(24-18-10-12-25(16-18)19-5-2-1-3-6-19)26-11-4-7-20(26)17-8-9-21-22(15-17)29-14-13-28-21/h1-3,5-6,8-9,15,18,20H,4,7,10-14,16H2,(H,24,27). The molecule has 2 amide bonds. The van der Waals surface area contributed by atoms with Gasteiger partial charge in [0.15, 0.2) is 11.5 Å². The number of rotatable bonds is 3. The molecule has 3 aliphatic heterocycles. The predicted octanol–water partition coefficient (Wildman–Crippen LogP) is 3.58. The van der Waals surface area contributed by atoms with Crippen LogP contribution in [0.15, 0.2) is 48.5 Å². The van der Waals surface area contributed by atoms with E-state index in [-0.39, 0.29) is 18.1 Å². The van der Waals surface area contributed by atoms with Crippen molar-refractivity contribution in [1.82, 2.24) is 10.2 Å². The predicted molar refractivity (Wildman–Crippen MR) is 112 cm³/mol. The first-order valence-electron chi connectivity index (χ1n) is 10.5. The van der Waals surface area contributed by atoms with Gasteiger partial charge < -0.3 is 24.6 Å². The third kappa shape index (κ3) is 3.71. The topological polar surface area (TPSA) is 54.0 Å². The fourth-order valence-corrected chi connectivity index (χ4v) is 4.63. The molecule has 2 aromatic rings. The van der Waals surface area contributed by atoms with Gasteiger partial charge in [-0.1, -0.05) is 24.3 Å². The molecule has 0 aromatic heterocycles. The van der Waals surface area contributed by atoms with Gasteiger partial charge in [-0.3, -0.25) is 0 Å². The molecule has 2 saturated heterocycles. The van der Waals surface area contributed by atoms with Crippen molar-refractivity contribution in [3.63, 3.8) is 0 Å². The van der Waals surface area contributed by atoms with Crippen LogP contribution in [0.1, 0.15) is 30.9 Å². The number of anilines is 1. The van der Waals surface area contributed by atoms with Gasteiger partial charge >= 0.3 is 6.03 Å². The Morgan fingerprint density at radius 2 is 1.79 bits per heavy atom. The van der Waals surface area contributed by atoms with Crippen molar-refractivity contribution >= 4 is 11.7 Å². The SMILES string of the molecule is O=C(NC1CCN(c2ccccc2)C1)N1CCCC1c1ccc2c(c1)OCCO2. The van der Waals surface area contributed by atoms with Crippen LogP contribution in [0.4, 0.5) is 10.5 Å². The Bertz CT molecular complexity index is 873. The number of nitrogens with one attached hydrogen (secondary N) is 1. The normalized spacial score (nSPS) is 23.3. The van der Waals surface area contributed by atoms with E-state index in [1.54, 1.807) is 0 Å². The fraction of sp³-hybridized carbons (Fsp3) is 0.435. The van der Waals surface area contributed by atoms with E-state index in [0.717, 1.165) is 56.0 Å². The first-order chi connectivity index (χ1) is 14.3. The lowest BCUT2D eigenvalue weighted by molar-refractivity contribution is 0.170. The minimum atomic E-state index is 0.0438. The number of hydrogen-bond donors (Lipinski definition) is 1.